The van der Waals surface area contributed by atoms with Crippen molar-refractivity contribution in [2.75, 3.05) is 27.4 Å². The fourth-order valence-electron chi connectivity index (χ4n) is 2.29. The average molecular weight is 245 g/mol. The number of hydrogen-bond acceptors (Lipinski definition) is 3. The highest BCUT2D eigenvalue weighted by Crippen LogP contribution is 2.29. The Hall–Kier alpha value is -0.120. The van der Waals surface area contributed by atoms with Gasteiger partial charge in [0.1, 0.15) is 0 Å². The van der Waals surface area contributed by atoms with Crippen LogP contribution in [0.3, 0.4) is 0 Å². The first kappa shape index (κ1) is 16.9. The van der Waals surface area contributed by atoms with Gasteiger partial charge in [0.05, 0.1) is 6.10 Å². The molecular weight excluding hydrogens is 214 g/mol. The van der Waals surface area contributed by atoms with E-state index < -0.39 is 0 Å². The molecule has 0 heterocycles. The SMILES string of the molecule is CCOC(C(NC)C(C)CCOC)C(C)(C)C. The number of hydrogen-bond donors (Lipinski definition) is 1. The van der Waals surface area contributed by atoms with Crippen LogP contribution in [0, 0.1) is 11.3 Å². The van der Waals surface area contributed by atoms with Crippen molar-refractivity contribution < 1.29 is 9.47 Å². The zero-order valence-electron chi connectivity index (χ0n) is 12.7. The number of rotatable bonds is 8. The van der Waals surface area contributed by atoms with Gasteiger partial charge in [-0.15, -0.1) is 0 Å². The normalized spacial score (nSPS) is 17.8. The summed E-state index contributed by atoms with van der Waals surface area (Å²) in [5.41, 5.74) is 0.144. The van der Waals surface area contributed by atoms with Gasteiger partial charge < -0.3 is 14.8 Å². The van der Waals surface area contributed by atoms with Crippen molar-refractivity contribution in [3.05, 3.63) is 0 Å². The average Bonchev–Trinajstić information content (AvgIpc) is 2.24. The van der Waals surface area contributed by atoms with E-state index >= 15 is 0 Å². The smallest absolute Gasteiger partial charge is 0.0778 e. The van der Waals surface area contributed by atoms with E-state index in [1.807, 2.05) is 7.05 Å². The summed E-state index contributed by atoms with van der Waals surface area (Å²) in [6.07, 6.45) is 1.28. The van der Waals surface area contributed by atoms with Gasteiger partial charge in [0.15, 0.2) is 0 Å². The molecule has 0 aromatic heterocycles. The lowest BCUT2D eigenvalue weighted by Gasteiger charge is -2.39. The molecule has 0 radical (unpaired) electrons. The van der Waals surface area contributed by atoms with Crippen LogP contribution < -0.4 is 5.32 Å². The fourth-order valence-corrected chi connectivity index (χ4v) is 2.29. The molecule has 0 saturated heterocycles. The highest BCUT2D eigenvalue weighted by molar-refractivity contribution is 4.88. The molecule has 0 saturated carbocycles. The molecule has 0 bridgehead atoms. The van der Waals surface area contributed by atoms with Crippen molar-refractivity contribution in [3.8, 4) is 0 Å². The summed E-state index contributed by atoms with van der Waals surface area (Å²) in [6.45, 7) is 12.6. The highest BCUT2D eigenvalue weighted by Gasteiger charge is 2.34. The third kappa shape index (κ3) is 5.84. The highest BCUT2D eigenvalue weighted by atomic mass is 16.5. The Kier molecular flexibility index (Phi) is 8.01. The lowest BCUT2D eigenvalue weighted by Crippen LogP contribution is -2.50. The van der Waals surface area contributed by atoms with Crippen LogP contribution in [0.4, 0.5) is 0 Å². The molecule has 1 N–H and O–H groups in total. The van der Waals surface area contributed by atoms with Crippen LogP contribution in [0.1, 0.15) is 41.0 Å². The second-order valence-electron chi connectivity index (χ2n) is 5.82. The molecule has 17 heavy (non-hydrogen) atoms. The van der Waals surface area contributed by atoms with Crippen LogP contribution >= 0.6 is 0 Å². The van der Waals surface area contributed by atoms with Crippen molar-refractivity contribution >= 4 is 0 Å². The third-order valence-corrected chi connectivity index (χ3v) is 3.25. The second-order valence-corrected chi connectivity index (χ2v) is 5.82. The molecule has 104 valence electrons. The molecule has 3 unspecified atom stereocenters. The molecule has 0 aromatic rings. The van der Waals surface area contributed by atoms with Gasteiger partial charge in [0.2, 0.25) is 0 Å². The summed E-state index contributed by atoms with van der Waals surface area (Å²) < 4.78 is 11.1. The van der Waals surface area contributed by atoms with Crippen LogP contribution in [-0.4, -0.2) is 39.5 Å². The van der Waals surface area contributed by atoms with Gasteiger partial charge in [-0.25, -0.2) is 0 Å². The van der Waals surface area contributed by atoms with Crippen molar-refractivity contribution in [1.29, 1.82) is 0 Å². The molecule has 3 nitrogen and oxygen atoms in total. The quantitative estimate of drug-likeness (QED) is 0.713. The minimum Gasteiger partial charge on any atom is -0.385 e. The molecule has 0 aromatic carbocycles. The van der Waals surface area contributed by atoms with E-state index in [9.17, 15) is 0 Å². The maximum Gasteiger partial charge on any atom is 0.0778 e. The Bertz CT molecular complexity index is 189. The molecule has 0 spiro atoms. The second kappa shape index (κ2) is 8.06. The van der Waals surface area contributed by atoms with Crippen LogP contribution in [0.2, 0.25) is 0 Å². The van der Waals surface area contributed by atoms with E-state index in [1.54, 1.807) is 7.11 Å². The van der Waals surface area contributed by atoms with E-state index in [4.69, 9.17) is 9.47 Å². The van der Waals surface area contributed by atoms with Crippen molar-refractivity contribution in [3.63, 3.8) is 0 Å². The molecule has 3 atom stereocenters. The zero-order valence-corrected chi connectivity index (χ0v) is 12.7. The van der Waals surface area contributed by atoms with Gasteiger partial charge in [-0.05, 0) is 31.7 Å². The maximum absolute atomic E-state index is 5.96. The summed E-state index contributed by atoms with van der Waals surface area (Å²) in [6, 6.07) is 0.366. The van der Waals surface area contributed by atoms with E-state index in [0.29, 0.717) is 12.0 Å². The summed E-state index contributed by atoms with van der Waals surface area (Å²) in [5, 5.41) is 3.42. The molecule has 0 amide bonds. The van der Waals surface area contributed by atoms with Gasteiger partial charge in [-0.3, -0.25) is 0 Å². The zero-order chi connectivity index (χ0) is 13.5. The molecular formula is C14H31NO2. The minimum absolute atomic E-state index is 0.144. The molecule has 0 aliphatic rings. The lowest BCUT2D eigenvalue weighted by atomic mass is 9.79. The van der Waals surface area contributed by atoms with Gasteiger partial charge >= 0.3 is 0 Å². The lowest BCUT2D eigenvalue weighted by molar-refractivity contribution is -0.0479. The Morgan fingerprint density at radius 1 is 1.24 bits per heavy atom. The number of nitrogens with one attached hydrogen (secondary N) is 1. The van der Waals surface area contributed by atoms with Crippen molar-refractivity contribution in [1.82, 2.24) is 5.32 Å². The van der Waals surface area contributed by atoms with Crippen LogP contribution in [0.15, 0.2) is 0 Å². The summed E-state index contributed by atoms with van der Waals surface area (Å²) in [5.74, 6) is 0.538. The molecule has 0 fully saturated rings. The van der Waals surface area contributed by atoms with Crippen molar-refractivity contribution in [2.45, 2.75) is 53.2 Å². The Morgan fingerprint density at radius 2 is 1.82 bits per heavy atom. The largest absolute Gasteiger partial charge is 0.385 e. The first-order valence-electron chi connectivity index (χ1n) is 6.66. The topological polar surface area (TPSA) is 30.5 Å². The number of likely N-dealkylation sites (N-methyl/N-ethyl adjacent to an activating group) is 1. The van der Waals surface area contributed by atoms with Gasteiger partial charge in [0, 0.05) is 26.4 Å². The van der Waals surface area contributed by atoms with Crippen LogP contribution in [0.25, 0.3) is 0 Å². The van der Waals surface area contributed by atoms with E-state index in [2.05, 4.69) is 39.9 Å². The minimum atomic E-state index is 0.144. The molecule has 0 aliphatic carbocycles. The predicted molar refractivity (Wildman–Crippen MR) is 73.4 cm³/mol. The maximum atomic E-state index is 5.96. The first-order valence-corrected chi connectivity index (χ1v) is 6.66. The Balaban J connectivity index is 4.65. The Morgan fingerprint density at radius 3 is 2.18 bits per heavy atom. The monoisotopic (exact) mass is 245 g/mol. The summed E-state index contributed by atoms with van der Waals surface area (Å²) in [4.78, 5) is 0. The fraction of sp³-hybridized carbons (Fsp3) is 1.00. The third-order valence-electron chi connectivity index (χ3n) is 3.25. The van der Waals surface area contributed by atoms with Crippen molar-refractivity contribution in [2.24, 2.45) is 11.3 Å². The summed E-state index contributed by atoms with van der Waals surface area (Å²) >= 11 is 0. The standard InChI is InChI=1S/C14H31NO2/c1-8-17-13(14(3,4)5)12(15-6)11(2)9-10-16-7/h11-13,15H,8-10H2,1-7H3. The van der Waals surface area contributed by atoms with E-state index in [-0.39, 0.29) is 11.5 Å². The first-order chi connectivity index (χ1) is 7.88. The van der Waals surface area contributed by atoms with E-state index in [1.165, 1.54) is 0 Å². The number of ether oxygens (including phenoxy) is 2. The van der Waals surface area contributed by atoms with Gasteiger partial charge in [-0.1, -0.05) is 27.7 Å². The molecule has 3 heteroatoms. The van der Waals surface area contributed by atoms with Crippen LogP contribution in [-0.2, 0) is 9.47 Å². The Labute approximate surface area is 107 Å². The van der Waals surface area contributed by atoms with E-state index in [0.717, 1.165) is 19.6 Å². The predicted octanol–water partition coefficient (Wildman–Crippen LogP) is 2.70. The van der Waals surface area contributed by atoms with Crippen LogP contribution in [0.5, 0.6) is 0 Å². The van der Waals surface area contributed by atoms with Gasteiger partial charge in [-0.2, -0.15) is 0 Å². The van der Waals surface area contributed by atoms with Gasteiger partial charge in [0.25, 0.3) is 0 Å². The molecule has 0 rings (SSSR count). The summed E-state index contributed by atoms with van der Waals surface area (Å²) in [7, 11) is 3.77. The molecule has 0 aliphatic heterocycles. The number of methoxy groups -OCH3 is 1.